The standard InChI is InChI=1S/C22H15IN2O4/c1-13-19(21(26)25(24-13)17-7-5-16(23)6-8-17)12-18-9-10-20(29-18)14-3-2-4-15(11-14)22(27)28/h2-12H,1H3,(H,27,28). The van der Waals surface area contributed by atoms with Crippen LogP contribution in [0, 0.1) is 3.57 Å². The minimum atomic E-state index is -1.00. The summed E-state index contributed by atoms with van der Waals surface area (Å²) in [7, 11) is 0. The van der Waals surface area contributed by atoms with Crippen molar-refractivity contribution in [3.63, 3.8) is 0 Å². The molecule has 1 aromatic heterocycles. The quantitative estimate of drug-likeness (QED) is 0.403. The average Bonchev–Trinajstić information content (AvgIpc) is 3.29. The fourth-order valence-electron chi connectivity index (χ4n) is 2.97. The highest BCUT2D eigenvalue weighted by molar-refractivity contribution is 14.1. The summed E-state index contributed by atoms with van der Waals surface area (Å²) in [6.45, 7) is 1.77. The number of carboxylic acid groups (broad SMARTS) is 1. The van der Waals surface area contributed by atoms with E-state index in [1.807, 2.05) is 24.3 Å². The predicted octanol–water partition coefficient (Wildman–Crippen LogP) is 5.06. The number of hydrogen-bond acceptors (Lipinski definition) is 4. The van der Waals surface area contributed by atoms with Gasteiger partial charge in [0, 0.05) is 9.13 Å². The van der Waals surface area contributed by atoms with Crippen molar-refractivity contribution in [2.24, 2.45) is 5.10 Å². The first-order valence-corrected chi connectivity index (χ1v) is 9.81. The topological polar surface area (TPSA) is 83.1 Å². The third-order valence-corrected chi connectivity index (χ3v) is 5.16. The Labute approximate surface area is 180 Å². The van der Waals surface area contributed by atoms with E-state index in [0.29, 0.717) is 34.1 Å². The second kappa shape index (κ2) is 7.67. The van der Waals surface area contributed by atoms with Gasteiger partial charge in [-0.3, -0.25) is 4.79 Å². The Balaban J connectivity index is 1.61. The van der Waals surface area contributed by atoms with Gasteiger partial charge in [0.1, 0.15) is 11.5 Å². The van der Waals surface area contributed by atoms with Crippen LogP contribution in [-0.4, -0.2) is 22.7 Å². The normalized spacial score (nSPS) is 15.1. The molecule has 2 aromatic carbocycles. The lowest BCUT2D eigenvalue weighted by Crippen LogP contribution is -2.21. The summed E-state index contributed by atoms with van der Waals surface area (Å²) in [6.07, 6.45) is 1.65. The summed E-state index contributed by atoms with van der Waals surface area (Å²) in [5.74, 6) is -0.216. The zero-order chi connectivity index (χ0) is 20.5. The third kappa shape index (κ3) is 3.86. The van der Waals surface area contributed by atoms with Gasteiger partial charge in [0.2, 0.25) is 0 Å². The van der Waals surface area contributed by atoms with Crippen molar-refractivity contribution < 1.29 is 19.1 Å². The van der Waals surface area contributed by atoms with Crippen molar-refractivity contribution in [2.75, 3.05) is 5.01 Å². The lowest BCUT2D eigenvalue weighted by atomic mass is 10.1. The first-order valence-electron chi connectivity index (χ1n) is 8.73. The second-order valence-corrected chi connectivity index (χ2v) is 7.67. The predicted molar refractivity (Wildman–Crippen MR) is 119 cm³/mol. The SMILES string of the molecule is CC1=NN(c2ccc(I)cc2)C(=O)C1=Cc1ccc(-c2cccc(C(=O)O)c2)o1. The van der Waals surface area contributed by atoms with Crippen LogP contribution >= 0.6 is 22.6 Å². The van der Waals surface area contributed by atoms with Gasteiger partial charge in [-0.15, -0.1) is 0 Å². The molecule has 0 radical (unpaired) electrons. The number of aromatic carboxylic acids is 1. The van der Waals surface area contributed by atoms with Crippen LogP contribution in [0.5, 0.6) is 0 Å². The Morgan fingerprint density at radius 2 is 1.90 bits per heavy atom. The second-order valence-electron chi connectivity index (χ2n) is 6.42. The molecule has 1 amide bonds. The number of rotatable bonds is 4. The highest BCUT2D eigenvalue weighted by Gasteiger charge is 2.29. The fraction of sp³-hybridized carbons (Fsp3) is 0.0455. The molecule has 0 saturated heterocycles. The van der Waals surface area contributed by atoms with Gasteiger partial charge in [-0.1, -0.05) is 12.1 Å². The van der Waals surface area contributed by atoms with Crippen molar-refractivity contribution in [1.29, 1.82) is 0 Å². The van der Waals surface area contributed by atoms with Crippen LogP contribution in [0.25, 0.3) is 17.4 Å². The number of anilines is 1. The number of carbonyl (C=O) groups excluding carboxylic acids is 1. The van der Waals surface area contributed by atoms with Crippen LogP contribution < -0.4 is 5.01 Å². The van der Waals surface area contributed by atoms with Crippen molar-refractivity contribution >= 4 is 51.9 Å². The lowest BCUT2D eigenvalue weighted by molar-refractivity contribution is -0.114. The molecule has 0 bridgehead atoms. The maximum absolute atomic E-state index is 12.8. The van der Waals surface area contributed by atoms with E-state index >= 15 is 0 Å². The van der Waals surface area contributed by atoms with Crippen LogP contribution in [0.1, 0.15) is 23.0 Å². The summed E-state index contributed by atoms with van der Waals surface area (Å²) < 4.78 is 6.90. The summed E-state index contributed by atoms with van der Waals surface area (Å²) >= 11 is 2.21. The summed E-state index contributed by atoms with van der Waals surface area (Å²) in [4.78, 5) is 24.0. The van der Waals surface area contributed by atoms with E-state index in [1.165, 1.54) is 11.1 Å². The number of halogens is 1. The molecule has 0 unspecified atom stereocenters. The molecule has 7 heteroatoms. The number of furan rings is 1. The minimum Gasteiger partial charge on any atom is -0.478 e. The summed E-state index contributed by atoms with van der Waals surface area (Å²) in [6, 6.07) is 17.5. The molecule has 1 aliphatic heterocycles. The molecule has 3 aromatic rings. The number of carbonyl (C=O) groups is 2. The molecule has 0 saturated carbocycles. The van der Waals surface area contributed by atoms with Gasteiger partial charge in [-0.2, -0.15) is 10.1 Å². The molecule has 0 fully saturated rings. The van der Waals surface area contributed by atoms with Crippen LogP contribution in [0.4, 0.5) is 5.69 Å². The fourth-order valence-corrected chi connectivity index (χ4v) is 3.33. The number of nitrogens with zero attached hydrogens (tertiary/aromatic N) is 2. The van der Waals surface area contributed by atoms with E-state index in [1.54, 1.807) is 43.3 Å². The maximum Gasteiger partial charge on any atom is 0.335 e. The summed E-state index contributed by atoms with van der Waals surface area (Å²) in [5.41, 5.74) is 2.58. The lowest BCUT2D eigenvalue weighted by Gasteiger charge is -2.11. The van der Waals surface area contributed by atoms with E-state index in [2.05, 4.69) is 27.7 Å². The summed E-state index contributed by atoms with van der Waals surface area (Å²) in [5, 5.41) is 14.9. The Kier molecular flexibility index (Phi) is 5.06. The zero-order valence-electron chi connectivity index (χ0n) is 15.3. The Morgan fingerprint density at radius 3 is 2.62 bits per heavy atom. The van der Waals surface area contributed by atoms with Gasteiger partial charge in [-0.25, -0.2) is 4.79 Å². The number of benzene rings is 2. The highest BCUT2D eigenvalue weighted by Crippen LogP contribution is 2.28. The van der Waals surface area contributed by atoms with E-state index in [4.69, 9.17) is 9.52 Å². The molecule has 2 heterocycles. The van der Waals surface area contributed by atoms with E-state index < -0.39 is 5.97 Å². The molecular formula is C22H15IN2O4. The third-order valence-electron chi connectivity index (χ3n) is 4.44. The Bertz CT molecular complexity index is 1180. The average molecular weight is 498 g/mol. The van der Waals surface area contributed by atoms with Crippen LogP contribution in [0.15, 0.2) is 75.8 Å². The monoisotopic (exact) mass is 498 g/mol. The number of hydrazone groups is 1. The molecule has 1 aliphatic rings. The van der Waals surface area contributed by atoms with Gasteiger partial charge in [0.15, 0.2) is 0 Å². The largest absolute Gasteiger partial charge is 0.478 e. The van der Waals surface area contributed by atoms with Gasteiger partial charge >= 0.3 is 5.97 Å². The van der Waals surface area contributed by atoms with Crippen LogP contribution in [0.3, 0.4) is 0 Å². The maximum atomic E-state index is 12.8. The molecule has 6 nitrogen and oxygen atoms in total. The highest BCUT2D eigenvalue weighted by atomic mass is 127. The molecule has 0 aliphatic carbocycles. The first kappa shape index (κ1) is 19.1. The van der Waals surface area contributed by atoms with Gasteiger partial charge < -0.3 is 9.52 Å². The van der Waals surface area contributed by atoms with E-state index in [9.17, 15) is 9.59 Å². The first-order chi connectivity index (χ1) is 13.9. The van der Waals surface area contributed by atoms with Gasteiger partial charge in [0.25, 0.3) is 5.91 Å². The molecule has 0 atom stereocenters. The molecule has 29 heavy (non-hydrogen) atoms. The Hall–Kier alpha value is -3.20. The van der Waals surface area contributed by atoms with Crippen molar-refractivity contribution in [1.82, 2.24) is 0 Å². The van der Waals surface area contributed by atoms with E-state index in [-0.39, 0.29) is 11.5 Å². The van der Waals surface area contributed by atoms with Crippen LogP contribution in [-0.2, 0) is 4.79 Å². The van der Waals surface area contributed by atoms with E-state index in [0.717, 1.165) is 3.57 Å². The molecule has 1 N–H and O–H groups in total. The van der Waals surface area contributed by atoms with Gasteiger partial charge in [0.05, 0.1) is 22.5 Å². The van der Waals surface area contributed by atoms with Crippen molar-refractivity contribution in [3.05, 3.63) is 81.1 Å². The van der Waals surface area contributed by atoms with Gasteiger partial charge in [-0.05, 0) is 84.1 Å². The molecule has 0 spiro atoms. The van der Waals surface area contributed by atoms with Crippen LogP contribution in [0.2, 0.25) is 0 Å². The number of carboxylic acids is 1. The minimum absolute atomic E-state index is 0.181. The molecule has 4 rings (SSSR count). The zero-order valence-corrected chi connectivity index (χ0v) is 17.5. The Morgan fingerprint density at radius 1 is 1.14 bits per heavy atom. The smallest absolute Gasteiger partial charge is 0.335 e. The molecular weight excluding hydrogens is 483 g/mol. The van der Waals surface area contributed by atoms with Crippen molar-refractivity contribution in [3.8, 4) is 11.3 Å². The number of amides is 1. The number of hydrogen-bond donors (Lipinski definition) is 1. The van der Waals surface area contributed by atoms with Crippen molar-refractivity contribution in [2.45, 2.75) is 6.92 Å². The molecule has 144 valence electrons.